The molecule has 0 unspecified atom stereocenters. The van der Waals surface area contributed by atoms with E-state index < -0.39 is 0 Å². The van der Waals surface area contributed by atoms with Crippen LogP contribution >= 0.6 is 11.3 Å². The summed E-state index contributed by atoms with van der Waals surface area (Å²) in [6.07, 6.45) is 1.85. The third kappa shape index (κ3) is 2.34. The molecule has 2 N–H and O–H groups in total. The van der Waals surface area contributed by atoms with Crippen molar-refractivity contribution in [2.75, 3.05) is 5.73 Å². The van der Waals surface area contributed by atoms with Crippen molar-refractivity contribution in [2.24, 2.45) is 0 Å². The standard InChI is InChI=1S/C16H16N2S/c1-2-14-15(19-16(17)18-14)10-12-8-5-7-11-6-3-4-9-13(11)12/h3-9H,2,10H2,1H3,(H2,17,18). The van der Waals surface area contributed by atoms with Crippen LogP contribution in [-0.2, 0) is 12.8 Å². The van der Waals surface area contributed by atoms with Gasteiger partial charge in [0.25, 0.3) is 0 Å². The van der Waals surface area contributed by atoms with Gasteiger partial charge in [0.1, 0.15) is 0 Å². The van der Waals surface area contributed by atoms with Gasteiger partial charge >= 0.3 is 0 Å². The molecule has 3 rings (SSSR count). The Balaban J connectivity index is 2.05. The Kier molecular flexibility index (Phi) is 3.22. The minimum atomic E-state index is 0.673. The van der Waals surface area contributed by atoms with E-state index in [-0.39, 0.29) is 0 Å². The van der Waals surface area contributed by atoms with Gasteiger partial charge in [0.2, 0.25) is 0 Å². The smallest absolute Gasteiger partial charge is 0.180 e. The number of nitrogens with zero attached hydrogens (tertiary/aromatic N) is 1. The summed E-state index contributed by atoms with van der Waals surface area (Å²) in [5, 5.41) is 3.28. The molecule has 0 aliphatic rings. The van der Waals surface area contributed by atoms with Crippen LogP contribution in [0.25, 0.3) is 10.8 Å². The summed E-state index contributed by atoms with van der Waals surface area (Å²) in [7, 11) is 0. The zero-order chi connectivity index (χ0) is 13.2. The lowest BCUT2D eigenvalue weighted by Crippen LogP contribution is -1.92. The second-order valence-corrected chi connectivity index (χ2v) is 5.71. The van der Waals surface area contributed by atoms with Gasteiger partial charge in [-0.15, -0.1) is 11.3 Å². The topological polar surface area (TPSA) is 38.9 Å². The summed E-state index contributed by atoms with van der Waals surface area (Å²) in [5.74, 6) is 0. The Morgan fingerprint density at radius 3 is 2.74 bits per heavy atom. The zero-order valence-electron chi connectivity index (χ0n) is 10.9. The molecule has 19 heavy (non-hydrogen) atoms. The van der Waals surface area contributed by atoms with Gasteiger partial charge < -0.3 is 5.73 Å². The molecule has 0 saturated carbocycles. The van der Waals surface area contributed by atoms with Crippen molar-refractivity contribution in [1.82, 2.24) is 4.98 Å². The Bertz CT molecular complexity index is 710. The van der Waals surface area contributed by atoms with E-state index in [0.29, 0.717) is 5.13 Å². The van der Waals surface area contributed by atoms with Crippen LogP contribution < -0.4 is 5.73 Å². The van der Waals surface area contributed by atoms with Crippen molar-refractivity contribution in [2.45, 2.75) is 19.8 Å². The molecule has 2 aromatic carbocycles. The molecular weight excluding hydrogens is 252 g/mol. The minimum absolute atomic E-state index is 0.673. The van der Waals surface area contributed by atoms with E-state index in [2.05, 4.69) is 54.4 Å². The second-order valence-electron chi connectivity index (χ2n) is 4.59. The lowest BCUT2D eigenvalue weighted by atomic mass is 10.0. The third-order valence-electron chi connectivity index (χ3n) is 3.36. The largest absolute Gasteiger partial charge is 0.375 e. The van der Waals surface area contributed by atoms with Crippen molar-refractivity contribution in [3.63, 3.8) is 0 Å². The average molecular weight is 268 g/mol. The number of benzene rings is 2. The number of fused-ring (bicyclic) bond motifs is 1. The van der Waals surface area contributed by atoms with Crippen LogP contribution in [0.15, 0.2) is 42.5 Å². The quantitative estimate of drug-likeness (QED) is 0.779. The summed E-state index contributed by atoms with van der Waals surface area (Å²) in [6, 6.07) is 15.0. The molecule has 0 aliphatic heterocycles. The highest BCUT2D eigenvalue weighted by Gasteiger charge is 2.10. The Morgan fingerprint density at radius 2 is 1.89 bits per heavy atom. The monoisotopic (exact) mass is 268 g/mol. The highest BCUT2D eigenvalue weighted by atomic mass is 32.1. The normalized spacial score (nSPS) is 11.0. The molecule has 0 bridgehead atoms. The highest BCUT2D eigenvalue weighted by Crippen LogP contribution is 2.27. The van der Waals surface area contributed by atoms with Gasteiger partial charge in [0.05, 0.1) is 5.69 Å². The highest BCUT2D eigenvalue weighted by molar-refractivity contribution is 7.15. The average Bonchev–Trinajstić information content (AvgIpc) is 2.79. The molecule has 0 atom stereocenters. The fourth-order valence-corrected chi connectivity index (χ4v) is 3.38. The van der Waals surface area contributed by atoms with Gasteiger partial charge in [-0.25, -0.2) is 4.98 Å². The summed E-state index contributed by atoms with van der Waals surface area (Å²) < 4.78 is 0. The first-order valence-corrected chi connectivity index (χ1v) is 7.30. The lowest BCUT2D eigenvalue weighted by Gasteiger charge is -2.06. The number of aromatic nitrogens is 1. The number of hydrogen-bond acceptors (Lipinski definition) is 3. The maximum Gasteiger partial charge on any atom is 0.180 e. The van der Waals surface area contributed by atoms with Crippen molar-refractivity contribution < 1.29 is 0 Å². The Labute approximate surface area is 116 Å². The Morgan fingerprint density at radius 1 is 1.11 bits per heavy atom. The number of rotatable bonds is 3. The molecule has 2 nitrogen and oxygen atoms in total. The third-order valence-corrected chi connectivity index (χ3v) is 4.29. The van der Waals surface area contributed by atoms with E-state index in [1.165, 1.54) is 21.2 Å². The summed E-state index contributed by atoms with van der Waals surface area (Å²) >= 11 is 1.61. The van der Waals surface area contributed by atoms with Crippen LogP contribution in [0.4, 0.5) is 5.13 Å². The van der Waals surface area contributed by atoms with Crippen molar-refractivity contribution in [3.8, 4) is 0 Å². The van der Waals surface area contributed by atoms with Crippen LogP contribution in [-0.4, -0.2) is 4.98 Å². The molecule has 0 radical (unpaired) electrons. The molecule has 3 heteroatoms. The van der Waals surface area contributed by atoms with E-state index >= 15 is 0 Å². The van der Waals surface area contributed by atoms with Crippen molar-refractivity contribution >= 4 is 27.2 Å². The lowest BCUT2D eigenvalue weighted by molar-refractivity contribution is 1.03. The molecule has 0 saturated heterocycles. The molecule has 0 amide bonds. The first-order valence-electron chi connectivity index (χ1n) is 6.48. The molecule has 0 spiro atoms. The van der Waals surface area contributed by atoms with Crippen molar-refractivity contribution in [1.29, 1.82) is 0 Å². The molecule has 0 fully saturated rings. The zero-order valence-corrected chi connectivity index (χ0v) is 11.7. The van der Waals surface area contributed by atoms with Crippen LogP contribution in [0.3, 0.4) is 0 Å². The molecule has 96 valence electrons. The van der Waals surface area contributed by atoms with E-state index in [1.807, 2.05) is 0 Å². The summed E-state index contributed by atoms with van der Waals surface area (Å²) in [5.41, 5.74) is 8.31. The van der Waals surface area contributed by atoms with Crippen LogP contribution in [0.1, 0.15) is 23.1 Å². The number of thiazole rings is 1. The number of anilines is 1. The number of aryl methyl sites for hydroxylation is 1. The SMILES string of the molecule is CCc1nc(N)sc1Cc1cccc2ccccc12. The summed E-state index contributed by atoms with van der Waals surface area (Å²) in [6.45, 7) is 2.13. The van der Waals surface area contributed by atoms with Gasteiger partial charge in [0.15, 0.2) is 5.13 Å². The molecule has 3 aromatic rings. The number of nitrogens with two attached hydrogens (primary N) is 1. The predicted molar refractivity (Wildman–Crippen MR) is 82.7 cm³/mol. The molecule has 0 aliphatic carbocycles. The van der Waals surface area contributed by atoms with Gasteiger partial charge in [-0.1, -0.05) is 49.4 Å². The molecular formula is C16H16N2S. The van der Waals surface area contributed by atoms with Crippen LogP contribution in [0, 0.1) is 0 Å². The number of hydrogen-bond donors (Lipinski definition) is 1. The van der Waals surface area contributed by atoms with E-state index in [0.717, 1.165) is 18.5 Å². The van der Waals surface area contributed by atoms with Crippen LogP contribution in [0.5, 0.6) is 0 Å². The first kappa shape index (κ1) is 12.2. The predicted octanol–water partition coefficient (Wildman–Crippen LogP) is 4.03. The van der Waals surface area contributed by atoms with Gasteiger partial charge in [-0.3, -0.25) is 0 Å². The summed E-state index contributed by atoms with van der Waals surface area (Å²) in [4.78, 5) is 5.69. The van der Waals surface area contributed by atoms with Gasteiger partial charge in [-0.2, -0.15) is 0 Å². The van der Waals surface area contributed by atoms with Crippen LogP contribution in [0.2, 0.25) is 0 Å². The maximum atomic E-state index is 5.83. The molecule has 1 aromatic heterocycles. The van der Waals surface area contributed by atoms with E-state index in [4.69, 9.17) is 5.73 Å². The Hall–Kier alpha value is -1.87. The van der Waals surface area contributed by atoms with E-state index in [9.17, 15) is 0 Å². The number of nitrogen functional groups attached to an aromatic ring is 1. The maximum absolute atomic E-state index is 5.83. The van der Waals surface area contributed by atoms with Gasteiger partial charge in [-0.05, 0) is 22.8 Å². The first-order chi connectivity index (χ1) is 9.28. The fourth-order valence-electron chi connectivity index (χ4n) is 2.44. The van der Waals surface area contributed by atoms with Gasteiger partial charge in [0, 0.05) is 11.3 Å². The fraction of sp³-hybridized carbons (Fsp3) is 0.188. The minimum Gasteiger partial charge on any atom is -0.375 e. The molecule has 1 heterocycles. The van der Waals surface area contributed by atoms with Crippen molar-refractivity contribution in [3.05, 3.63) is 58.6 Å². The van der Waals surface area contributed by atoms with E-state index in [1.54, 1.807) is 11.3 Å². The second kappa shape index (κ2) is 5.02.